The number of hydrogen-bond acceptors (Lipinski definition) is 14. The number of benzene rings is 2. The zero-order valence-corrected chi connectivity index (χ0v) is 42.4. The molecule has 2 amide bonds. The number of pyridine rings is 1. The molecule has 5 aromatic heterocycles. The van der Waals surface area contributed by atoms with Crippen molar-refractivity contribution in [3.8, 4) is 22.3 Å². The first-order valence-corrected chi connectivity index (χ1v) is 24.9. The molecule has 0 radical (unpaired) electrons. The zero-order chi connectivity index (χ0) is 52.4. The average Bonchev–Trinajstić information content (AvgIpc) is 4.04. The van der Waals surface area contributed by atoms with Gasteiger partial charge in [-0.05, 0) is 87.1 Å². The topological polar surface area (TPSA) is 265 Å². The van der Waals surface area contributed by atoms with Crippen molar-refractivity contribution in [1.82, 2.24) is 44.2 Å². The Morgan fingerprint density at radius 1 is 0.718 bits per heavy atom. The molecule has 0 fully saturated rings. The van der Waals surface area contributed by atoms with Crippen molar-refractivity contribution in [1.29, 1.82) is 0 Å². The number of halogens is 2. The van der Waals surface area contributed by atoms with Crippen LogP contribution in [0.3, 0.4) is 0 Å². The fraction of sp³-hybridized carbons (Fsp3) is 0.298. The average molecular weight is 1020 g/mol. The molecule has 7 aromatic rings. The highest BCUT2D eigenvalue weighted by Gasteiger charge is 2.25. The Hall–Kier alpha value is -7.73. The molecule has 20 nitrogen and oxygen atoms in total. The second-order valence-corrected chi connectivity index (χ2v) is 20.3. The number of urea groups is 1. The first kappa shape index (κ1) is 54.2. The number of sulfonamides is 2. The van der Waals surface area contributed by atoms with Crippen LogP contribution in [-0.2, 0) is 20.0 Å². The van der Waals surface area contributed by atoms with E-state index in [1.807, 2.05) is 79.1 Å². The van der Waals surface area contributed by atoms with Gasteiger partial charge in [0.05, 0.1) is 18.1 Å². The van der Waals surface area contributed by atoms with Gasteiger partial charge in [-0.15, -0.1) is 0 Å². The maximum atomic E-state index is 14.3. The third-order valence-electron chi connectivity index (χ3n) is 10.3. The van der Waals surface area contributed by atoms with Crippen LogP contribution in [0.1, 0.15) is 90.4 Å². The van der Waals surface area contributed by atoms with E-state index in [2.05, 4.69) is 39.8 Å². The molecule has 0 aliphatic carbocycles. The van der Waals surface area contributed by atoms with E-state index >= 15 is 0 Å². The van der Waals surface area contributed by atoms with E-state index in [-0.39, 0.29) is 45.5 Å². The number of aromatic nitrogens is 9. The van der Waals surface area contributed by atoms with Crippen LogP contribution in [0.4, 0.5) is 30.6 Å². The maximum absolute atomic E-state index is 14.3. The van der Waals surface area contributed by atoms with Crippen LogP contribution in [0.2, 0.25) is 0 Å². The number of carbonyl (C=O) groups excluding carboxylic acids is 1. The fourth-order valence-corrected chi connectivity index (χ4v) is 8.20. The van der Waals surface area contributed by atoms with Crippen molar-refractivity contribution in [2.45, 2.75) is 89.4 Å². The Labute approximate surface area is 411 Å². The van der Waals surface area contributed by atoms with Gasteiger partial charge in [0.1, 0.15) is 24.3 Å². The number of carbonyl (C=O) groups is 1. The van der Waals surface area contributed by atoms with Gasteiger partial charge < -0.3 is 21.1 Å². The second kappa shape index (κ2) is 23.3. The largest absolute Gasteiger partial charge is 0.806 e. The van der Waals surface area contributed by atoms with Crippen LogP contribution in [0, 0.1) is 11.6 Å². The van der Waals surface area contributed by atoms with Crippen molar-refractivity contribution in [2.24, 2.45) is 4.40 Å². The second-order valence-electron chi connectivity index (χ2n) is 17.2. The van der Waals surface area contributed by atoms with Gasteiger partial charge in [0.15, 0.2) is 5.03 Å². The van der Waals surface area contributed by atoms with E-state index in [0.717, 1.165) is 21.4 Å². The lowest BCUT2D eigenvalue weighted by Crippen LogP contribution is -2.51. The van der Waals surface area contributed by atoms with E-state index in [4.69, 9.17) is 5.73 Å². The Bertz CT molecular complexity index is 3190. The minimum absolute atomic E-state index is 0.0163. The van der Waals surface area contributed by atoms with Gasteiger partial charge in [-0.2, -0.15) is 27.0 Å². The summed E-state index contributed by atoms with van der Waals surface area (Å²) in [6.07, 6.45) is 14.9. The van der Waals surface area contributed by atoms with Gasteiger partial charge >= 0.3 is 16.1 Å². The minimum atomic E-state index is -4.20. The van der Waals surface area contributed by atoms with Crippen molar-refractivity contribution in [3.05, 3.63) is 134 Å². The molecule has 0 aliphatic heterocycles. The SMILES string of the molecule is CC(C)c1cc(F)cc(-c2cncnc2)c1N.CC(C)c1cc(F)cc(-c2cncnc2)c1NC(=O)NS(=O)(=O)c1ccn(C(C)C)n1.CC(C)n1ccc(S(=O)(=O)N=C([O-])[n+]2ccc(N(C)C)cc2)n1. The molecule has 0 aliphatic rings. The van der Waals surface area contributed by atoms with E-state index < -0.39 is 37.9 Å². The summed E-state index contributed by atoms with van der Waals surface area (Å²) in [5.74, 6) is -0.774. The monoisotopic (exact) mass is 1010 g/mol. The van der Waals surface area contributed by atoms with Gasteiger partial charge in [-0.3, -0.25) is 9.36 Å². The number of rotatable bonds is 12. The van der Waals surface area contributed by atoms with E-state index in [9.17, 15) is 35.5 Å². The minimum Gasteiger partial charge on any atom is -0.806 e. The van der Waals surface area contributed by atoms with E-state index in [1.165, 1.54) is 95.6 Å². The van der Waals surface area contributed by atoms with E-state index in [0.29, 0.717) is 27.9 Å². The van der Waals surface area contributed by atoms with Crippen LogP contribution < -0.4 is 30.3 Å². The summed E-state index contributed by atoms with van der Waals surface area (Å²) in [5, 5.41) is 22.0. The van der Waals surface area contributed by atoms with Crippen LogP contribution in [-0.4, -0.2) is 82.5 Å². The molecule has 0 saturated heterocycles. The van der Waals surface area contributed by atoms with Crippen LogP contribution in [0.5, 0.6) is 0 Å². The molecule has 7 rings (SSSR count). The van der Waals surface area contributed by atoms with Crippen LogP contribution in [0.15, 0.2) is 125 Å². The molecule has 0 bridgehead atoms. The summed E-state index contributed by atoms with van der Waals surface area (Å²) in [5.41, 5.74) is 11.3. The van der Waals surface area contributed by atoms with Gasteiger partial charge in [0, 0.05) is 114 Å². The smallest absolute Gasteiger partial charge is 0.388 e. The molecule has 0 unspecified atom stereocenters. The highest BCUT2D eigenvalue weighted by Crippen LogP contribution is 2.36. The normalized spacial score (nSPS) is 11.8. The summed E-state index contributed by atoms with van der Waals surface area (Å²) >= 11 is 0. The van der Waals surface area contributed by atoms with Gasteiger partial charge in [-0.25, -0.2) is 42.8 Å². The molecule has 24 heteroatoms. The summed E-state index contributed by atoms with van der Waals surface area (Å²) in [4.78, 5) is 30.2. The number of hydrogen-bond donors (Lipinski definition) is 3. The lowest BCUT2D eigenvalue weighted by atomic mass is 9.95. The summed E-state index contributed by atoms with van der Waals surface area (Å²) in [6, 6.07) is 9.52. The Morgan fingerprint density at radius 3 is 1.66 bits per heavy atom. The molecule has 4 N–H and O–H groups in total. The predicted molar refractivity (Wildman–Crippen MR) is 263 cm³/mol. The molecule has 2 aromatic carbocycles. The predicted octanol–water partition coefficient (Wildman–Crippen LogP) is 6.45. The number of nitrogens with two attached hydrogens (primary N) is 1. The summed E-state index contributed by atoms with van der Waals surface area (Å²) in [7, 11) is -4.61. The Kier molecular flexibility index (Phi) is 17.8. The molecule has 71 heavy (non-hydrogen) atoms. The molecular weight excluding hydrogens is 959 g/mol. The number of amides is 2. The van der Waals surface area contributed by atoms with Crippen LogP contribution in [0.25, 0.3) is 22.3 Å². The lowest BCUT2D eigenvalue weighted by Gasteiger charge is -2.18. The van der Waals surface area contributed by atoms with Gasteiger partial charge in [0.25, 0.3) is 16.0 Å². The third-order valence-corrected chi connectivity index (χ3v) is 12.6. The number of nitrogens with zero attached hydrogens (tertiary/aromatic N) is 11. The molecule has 0 atom stereocenters. The lowest BCUT2D eigenvalue weighted by molar-refractivity contribution is -0.613. The fourth-order valence-electron chi connectivity index (χ4n) is 6.53. The molecule has 0 saturated carbocycles. The highest BCUT2D eigenvalue weighted by molar-refractivity contribution is 7.90. The first-order chi connectivity index (χ1) is 33.4. The van der Waals surface area contributed by atoms with Gasteiger partial charge in [0.2, 0.25) is 5.03 Å². The quantitative estimate of drug-likeness (QED) is 0.0514. The molecule has 0 spiro atoms. The summed E-state index contributed by atoms with van der Waals surface area (Å²) < 4.78 is 86.6. The van der Waals surface area contributed by atoms with Gasteiger partial charge in [-0.1, -0.05) is 27.7 Å². The van der Waals surface area contributed by atoms with Crippen molar-refractivity contribution < 1.29 is 40.1 Å². The van der Waals surface area contributed by atoms with Crippen LogP contribution >= 0.6 is 0 Å². The summed E-state index contributed by atoms with van der Waals surface area (Å²) in [6.45, 7) is 15.1. The molecular formula is C47H56F2N14O6S2. The van der Waals surface area contributed by atoms with Crippen molar-refractivity contribution in [2.75, 3.05) is 30.0 Å². The number of nitrogens with one attached hydrogen (secondary N) is 2. The number of anilines is 3. The van der Waals surface area contributed by atoms with Crippen molar-refractivity contribution in [3.63, 3.8) is 0 Å². The molecule has 376 valence electrons. The third kappa shape index (κ3) is 14.2. The van der Waals surface area contributed by atoms with E-state index in [1.54, 1.807) is 24.5 Å². The Morgan fingerprint density at radius 2 is 1.18 bits per heavy atom. The first-order valence-electron chi connectivity index (χ1n) is 22.0. The van der Waals surface area contributed by atoms with Crippen molar-refractivity contribution >= 4 is 49.2 Å². The number of nitrogen functional groups attached to an aromatic ring is 1. The molecule has 5 heterocycles. The zero-order valence-electron chi connectivity index (χ0n) is 40.7. The maximum Gasteiger partial charge on any atom is 0.388 e. The Balaban J connectivity index is 0.000000207. The standard InChI is InChI=1S/C20H23FN6O3S.C14H19N5O3S.C13H14FN3/c1-12(2)16-7-15(21)8-17(14-9-22-11-23-10-14)19(16)24-20(28)26-31(29,30)18-5-6-27(25-18)13(3)4;1-11(2)19-10-7-13(15-19)23(21,22)16-14(20)18-8-5-12(6-9-18)17(3)4;1-8(2)11-3-10(14)4-12(13(11)15)9-5-16-7-17-6-9/h5-13H,1-4H3,(H2,24,26,28);5-11H,1-4H3;3-8H,15H2,1-2H3. The highest BCUT2D eigenvalue weighted by atomic mass is 32.2.